The highest BCUT2D eigenvalue weighted by Crippen LogP contribution is 2.40. The number of aromatic nitrogens is 1. The molecule has 0 N–H and O–H groups in total. The number of ether oxygens (including phenoxy) is 1. The summed E-state index contributed by atoms with van der Waals surface area (Å²) in [6.45, 7) is 1.98. The van der Waals surface area contributed by atoms with Crippen molar-refractivity contribution >= 4 is 11.5 Å². The van der Waals surface area contributed by atoms with Crippen molar-refractivity contribution in [3.63, 3.8) is 0 Å². The van der Waals surface area contributed by atoms with E-state index in [2.05, 4.69) is 36.4 Å². The van der Waals surface area contributed by atoms with E-state index in [1.165, 1.54) is 0 Å². The third-order valence-electron chi connectivity index (χ3n) is 6.58. The first kappa shape index (κ1) is 23.8. The highest BCUT2D eigenvalue weighted by molar-refractivity contribution is 5.79. The van der Waals surface area contributed by atoms with Crippen LogP contribution in [-0.2, 0) is 11.2 Å². The van der Waals surface area contributed by atoms with Gasteiger partial charge in [-0.2, -0.15) is 0 Å². The number of esters is 1. The molecule has 1 aliphatic rings. The Hall–Kier alpha value is -3.92. The second kappa shape index (κ2) is 11.2. The summed E-state index contributed by atoms with van der Waals surface area (Å²) in [6, 6.07) is 28.3. The maximum atomic E-state index is 12.0. The molecule has 5 rings (SSSR count). The van der Waals surface area contributed by atoms with E-state index in [-0.39, 0.29) is 11.9 Å². The van der Waals surface area contributed by atoms with Crippen molar-refractivity contribution in [3.05, 3.63) is 102 Å². The normalized spacial score (nSPS) is 15.4. The molecule has 1 aliphatic carbocycles. The Balaban J connectivity index is 1.45. The molecule has 1 atom stereocenters. The Morgan fingerprint density at radius 3 is 2.47 bits per heavy atom. The van der Waals surface area contributed by atoms with Gasteiger partial charge in [0.2, 0.25) is 5.89 Å². The molecule has 0 saturated heterocycles. The Labute approximate surface area is 212 Å². The zero-order valence-corrected chi connectivity index (χ0v) is 20.7. The van der Waals surface area contributed by atoms with Crippen LogP contribution in [0, 0.1) is 5.92 Å². The molecule has 0 amide bonds. The van der Waals surface area contributed by atoms with Crippen LogP contribution in [-0.4, -0.2) is 11.0 Å². The SMILES string of the molecule is CCCC(=O)Oc1cccc(CC2CCCC=C2c2nc(-c3ccccc3)c(-c3ccccc3)o2)c1. The summed E-state index contributed by atoms with van der Waals surface area (Å²) in [4.78, 5) is 17.0. The second-order valence-corrected chi connectivity index (χ2v) is 9.29. The largest absolute Gasteiger partial charge is 0.436 e. The van der Waals surface area contributed by atoms with Crippen LogP contribution in [0.15, 0.2) is 95.4 Å². The standard InChI is InChI=1S/C32H31NO3/c1-2-12-29(34)35-27-19-11-13-23(22-27)21-26-18-9-10-20-28(26)32-33-30(24-14-5-3-6-15-24)31(36-32)25-16-7-4-8-17-25/h3-8,11,13-17,19-20,22,26H,2,9-10,12,18,21H2,1H3. The van der Waals surface area contributed by atoms with E-state index in [0.29, 0.717) is 18.1 Å². The minimum atomic E-state index is -0.186. The molecule has 1 aromatic heterocycles. The lowest BCUT2D eigenvalue weighted by Crippen LogP contribution is -2.12. The molecule has 0 fully saturated rings. The number of nitrogens with zero attached hydrogens (tertiary/aromatic N) is 1. The number of hydrogen-bond acceptors (Lipinski definition) is 4. The lowest BCUT2D eigenvalue weighted by Gasteiger charge is -2.22. The third-order valence-corrected chi connectivity index (χ3v) is 6.58. The van der Waals surface area contributed by atoms with Gasteiger partial charge in [-0.25, -0.2) is 4.98 Å². The molecule has 1 heterocycles. The molecule has 0 spiro atoms. The molecule has 0 aliphatic heterocycles. The van der Waals surface area contributed by atoms with Gasteiger partial charge in [-0.1, -0.05) is 85.8 Å². The third kappa shape index (κ3) is 5.49. The van der Waals surface area contributed by atoms with Gasteiger partial charge in [0.05, 0.1) is 0 Å². The van der Waals surface area contributed by atoms with E-state index in [1.807, 2.05) is 61.5 Å². The number of allylic oxidation sites excluding steroid dienone is 2. The molecule has 0 saturated carbocycles. The molecule has 4 nitrogen and oxygen atoms in total. The average Bonchev–Trinajstić information content (AvgIpc) is 3.36. The van der Waals surface area contributed by atoms with E-state index in [0.717, 1.165) is 65.8 Å². The fourth-order valence-electron chi connectivity index (χ4n) is 4.85. The first-order valence-corrected chi connectivity index (χ1v) is 12.8. The van der Waals surface area contributed by atoms with Gasteiger partial charge < -0.3 is 9.15 Å². The van der Waals surface area contributed by atoms with Crippen LogP contribution in [0.25, 0.3) is 28.2 Å². The van der Waals surface area contributed by atoms with Crippen molar-refractivity contribution in [2.75, 3.05) is 0 Å². The minimum absolute atomic E-state index is 0.186. The number of hydrogen-bond donors (Lipinski definition) is 0. The summed E-state index contributed by atoms with van der Waals surface area (Å²) in [6.07, 6.45) is 7.55. The smallest absolute Gasteiger partial charge is 0.311 e. The topological polar surface area (TPSA) is 52.3 Å². The Morgan fingerprint density at radius 2 is 1.72 bits per heavy atom. The monoisotopic (exact) mass is 477 g/mol. The number of carbonyl (C=O) groups is 1. The highest BCUT2D eigenvalue weighted by atomic mass is 16.5. The molecule has 0 radical (unpaired) electrons. The minimum Gasteiger partial charge on any atom is -0.436 e. The van der Waals surface area contributed by atoms with Gasteiger partial charge in [0.1, 0.15) is 11.4 Å². The van der Waals surface area contributed by atoms with Crippen LogP contribution in [0.5, 0.6) is 5.75 Å². The van der Waals surface area contributed by atoms with Gasteiger partial charge in [-0.15, -0.1) is 0 Å². The number of rotatable bonds is 8. The summed E-state index contributed by atoms with van der Waals surface area (Å²) in [5.74, 6) is 2.21. The molecular formula is C32H31NO3. The van der Waals surface area contributed by atoms with Crippen LogP contribution in [0.3, 0.4) is 0 Å². The van der Waals surface area contributed by atoms with Crippen molar-refractivity contribution < 1.29 is 13.9 Å². The van der Waals surface area contributed by atoms with Crippen LogP contribution in [0.1, 0.15) is 50.5 Å². The van der Waals surface area contributed by atoms with Crippen LogP contribution < -0.4 is 4.74 Å². The van der Waals surface area contributed by atoms with E-state index in [4.69, 9.17) is 14.1 Å². The number of oxazole rings is 1. The van der Waals surface area contributed by atoms with Crippen LogP contribution in [0.2, 0.25) is 0 Å². The van der Waals surface area contributed by atoms with Gasteiger partial charge in [0.25, 0.3) is 0 Å². The zero-order valence-electron chi connectivity index (χ0n) is 20.7. The fraction of sp³-hybridized carbons (Fsp3) is 0.250. The predicted molar refractivity (Wildman–Crippen MR) is 143 cm³/mol. The van der Waals surface area contributed by atoms with E-state index < -0.39 is 0 Å². The Bertz CT molecular complexity index is 1280. The summed E-state index contributed by atoms with van der Waals surface area (Å²) in [7, 11) is 0. The van der Waals surface area contributed by atoms with Gasteiger partial charge in [0, 0.05) is 23.1 Å². The first-order valence-electron chi connectivity index (χ1n) is 12.8. The van der Waals surface area contributed by atoms with Crippen molar-refractivity contribution in [1.29, 1.82) is 0 Å². The Kier molecular flexibility index (Phi) is 7.41. The van der Waals surface area contributed by atoms with Crippen LogP contribution >= 0.6 is 0 Å². The van der Waals surface area contributed by atoms with Crippen molar-refractivity contribution in [3.8, 4) is 28.3 Å². The Morgan fingerprint density at radius 1 is 0.972 bits per heavy atom. The lowest BCUT2D eigenvalue weighted by atomic mass is 9.83. The summed E-state index contributed by atoms with van der Waals surface area (Å²) in [5, 5.41) is 0. The van der Waals surface area contributed by atoms with Crippen molar-refractivity contribution in [2.45, 2.75) is 45.4 Å². The lowest BCUT2D eigenvalue weighted by molar-refractivity contribution is -0.134. The second-order valence-electron chi connectivity index (χ2n) is 9.29. The maximum Gasteiger partial charge on any atom is 0.311 e. The van der Waals surface area contributed by atoms with E-state index >= 15 is 0 Å². The predicted octanol–water partition coefficient (Wildman–Crippen LogP) is 8.14. The molecule has 0 bridgehead atoms. The van der Waals surface area contributed by atoms with Crippen molar-refractivity contribution in [1.82, 2.24) is 4.98 Å². The maximum absolute atomic E-state index is 12.0. The molecule has 182 valence electrons. The van der Waals surface area contributed by atoms with E-state index in [9.17, 15) is 4.79 Å². The molecule has 3 aromatic carbocycles. The summed E-state index contributed by atoms with van der Waals surface area (Å²) >= 11 is 0. The number of carbonyl (C=O) groups excluding carboxylic acids is 1. The summed E-state index contributed by atoms with van der Waals surface area (Å²) in [5.41, 5.74) is 5.24. The van der Waals surface area contributed by atoms with E-state index in [1.54, 1.807) is 0 Å². The first-order chi connectivity index (χ1) is 17.7. The summed E-state index contributed by atoms with van der Waals surface area (Å²) < 4.78 is 12.0. The van der Waals surface area contributed by atoms with Gasteiger partial charge in [0.15, 0.2) is 5.76 Å². The molecule has 1 unspecified atom stereocenters. The molecule has 4 heteroatoms. The molecular weight excluding hydrogens is 446 g/mol. The fourth-order valence-corrected chi connectivity index (χ4v) is 4.85. The van der Waals surface area contributed by atoms with Gasteiger partial charge >= 0.3 is 5.97 Å². The van der Waals surface area contributed by atoms with Gasteiger partial charge in [-0.3, -0.25) is 4.79 Å². The van der Waals surface area contributed by atoms with Crippen LogP contribution in [0.4, 0.5) is 0 Å². The molecule has 36 heavy (non-hydrogen) atoms. The molecule has 4 aromatic rings. The van der Waals surface area contributed by atoms with Gasteiger partial charge in [-0.05, 0) is 55.7 Å². The highest BCUT2D eigenvalue weighted by Gasteiger charge is 2.26. The van der Waals surface area contributed by atoms with Crippen molar-refractivity contribution in [2.24, 2.45) is 5.92 Å². The average molecular weight is 478 g/mol. The number of benzene rings is 3. The quantitative estimate of drug-likeness (QED) is 0.190. The zero-order chi connectivity index (χ0) is 24.7.